The summed E-state index contributed by atoms with van der Waals surface area (Å²) in [5.74, 6) is -0.0924. The molecule has 142 valence electrons. The van der Waals surface area contributed by atoms with E-state index < -0.39 is 25.9 Å². The van der Waals surface area contributed by atoms with E-state index in [9.17, 15) is 29.2 Å². The molecule has 0 bridgehead atoms. The molecule has 12 heteroatoms. The SMILES string of the molecule is CCOC(=O)N=[S@](=O)(Oc1ccc([N+](=O)[O-])cc1)c1cccc([N+](=O)[O-])c1. The largest absolute Gasteiger partial charge is 0.448 e. The number of hydrogen-bond acceptors (Lipinski definition) is 8. The second kappa shape index (κ2) is 8.23. The lowest BCUT2D eigenvalue weighted by Crippen LogP contribution is -2.13. The monoisotopic (exact) mass is 395 g/mol. The van der Waals surface area contributed by atoms with Crippen LogP contribution < -0.4 is 4.18 Å². The topological polar surface area (TPSA) is 151 Å². The van der Waals surface area contributed by atoms with Crippen molar-refractivity contribution in [3.63, 3.8) is 0 Å². The zero-order valence-electron chi connectivity index (χ0n) is 13.8. The van der Waals surface area contributed by atoms with Gasteiger partial charge in [-0.15, -0.1) is 0 Å². The molecule has 0 spiro atoms. The average Bonchev–Trinajstić information content (AvgIpc) is 2.62. The number of hydrogen-bond donors (Lipinski definition) is 0. The first kappa shape index (κ1) is 19.8. The second-order valence-corrected chi connectivity index (χ2v) is 6.62. The molecule has 0 fully saturated rings. The lowest BCUT2D eigenvalue weighted by atomic mass is 10.3. The van der Waals surface area contributed by atoms with E-state index in [-0.39, 0.29) is 28.6 Å². The van der Waals surface area contributed by atoms with Crippen LogP contribution >= 0.6 is 0 Å². The molecule has 0 aromatic heterocycles. The molecule has 0 aliphatic heterocycles. The molecule has 2 aromatic rings. The quantitative estimate of drug-likeness (QED) is 0.532. The highest BCUT2D eigenvalue weighted by Gasteiger charge is 2.21. The third-order valence-corrected chi connectivity index (χ3v) is 4.70. The van der Waals surface area contributed by atoms with E-state index in [0.717, 1.165) is 30.3 Å². The van der Waals surface area contributed by atoms with Gasteiger partial charge in [0.25, 0.3) is 11.4 Å². The van der Waals surface area contributed by atoms with Crippen LogP contribution in [0, 0.1) is 20.2 Å². The van der Waals surface area contributed by atoms with E-state index in [1.807, 2.05) is 0 Å². The van der Waals surface area contributed by atoms with Gasteiger partial charge in [0.05, 0.1) is 21.3 Å². The Bertz CT molecular complexity index is 996. The standard InChI is InChI=1S/C15H13N3O8S/c1-2-25-15(19)16-27(24,14-5-3-4-12(10-14)18(22)23)26-13-8-6-11(7-9-13)17(20)21/h3-10H,2H2,1H3/t27-/m1/s1. The Labute approximate surface area is 153 Å². The van der Waals surface area contributed by atoms with Gasteiger partial charge in [0, 0.05) is 24.3 Å². The molecule has 0 saturated carbocycles. The molecule has 0 radical (unpaired) electrons. The second-order valence-electron chi connectivity index (χ2n) is 4.85. The van der Waals surface area contributed by atoms with Gasteiger partial charge in [0.15, 0.2) is 0 Å². The van der Waals surface area contributed by atoms with Crippen LogP contribution in [-0.2, 0) is 14.7 Å². The van der Waals surface area contributed by atoms with Gasteiger partial charge in [-0.1, -0.05) is 10.4 Å². The third-order valence-electron chi connectivity index (χ3n) is 3.05. The van der Waals surface area contributed by atoms with Crippen LogP contribution in [-0.4, -0.2) is 26.8 Å². The van der Waals surface area contributed by atoms with Crippen molar-refractivity contribution in [2.24, 2.45) is 4.36 Å². The zero-order chi connectivity index (χ0) is 20.0. The summed E-state index contributed by atoms with van der Waals surface area (Å²) in [4.78, 5) is 31.8. The third kappa shape index (κ3) is 4.98. The van der Waals surface area contributed by atoms with E-state index in [1.54, 1.807) is 0 Å². The van der Waals surface area contributed by atoms with Crippen LogP contribution in [0.15, 0.2) is 57.8 Å². The lowest BCUT2D eigenvalue weighted by Gasteiger charge is -2.11. The van der Waals surface area contributed by atoms with Crippen molar-refractivity contribution in [1.29, 1.82) is 0 Å². The minimum Gasteiger partial charge on any atom is -0.448 e. The Morgan fingerprint density at radius 1 is 1.07 bits per heavy atom. The fourth-order valence-corrected chi connectivity index (χ4v) is 3.26. The molecule has 0 aliphatic carbocycles. The first-order valence-corrected chi connectivity index (χ1v) is 8.81. The minimum atomic E-state index is -3.96. The highest BCUT2D eigenvalue weighted by Crippen LogP contribution is 2.25. The van der Waals surface area contributed by atoms with Crippen LogP contribution in [0.25, 0.3) is 0 Å². The zero-order valence-corrected chi connectivity index (χ0v) is 14.7. The van der Waals surface area contributed by atoms with Crippen LogP contribution in [0.5, 0.6) is 5.75 Å². The van der Waals surface area contributed by atoms with Crippen LogP contribution in [0.1, 0.15) is 6.92 Å². The lowest BCUT2D eigenvalue weighted by molar-refractivity contribution is -0.385. The molecule has 27 heavy (non-hydrogen) atoms. The number of nitro benzene ring substituents is 2. The molecular weight excluding hydrogens is 382 g/mol. The highest BCUT2D eigenvalue weighted by atomic mass is 32.2. The molecule has 0 saturated heterocycles. The van der Waals surface area contributed by atoms with E-state index in [1.165, 1.54) is 25.1 Å². The molecule has 1 amide bonds. The number of carbonyl (C=O) groups excluding carboxylic acids is 1. The van der Waals surface area contributed by atoms with Crippen LogP contribution in [0.3, 0.4) is 0 Å². The Balaban J connectivity index is 2.52. The number of nitro groups is 2. The van der Waals surface area contributed by atoms with E-state index in [2.05, 4.69) is 9.10 Å². The van der Waals surface area contributed by atoms with Crippen molar-refractivity contribution >= 4 is 27.5 Å². The number of nitrogens with zero attached hydrogens (tertiary/aromatic N) is 3. The first-order chi connectivity index (χ1) is 12.7. The van der Waals surface area contributed by atoms with Crippen molar-refractivity contribution in [2.75, 3.05) is 6.61 Å². The highest BCUT2D eigenvalue weighted by molar-refractivity contribution is 7.89. The summed E-state index contributed by atoms with van der Waals surface area (Å²) in [5, 5.41) is 21.7. The molecule has 2 rings (SSSR count). The fraction of sp³-hybridized carbons (Fsp3) is 0.133. The van der Waals surface area contributed by atoms with Crippen molar-refractivity contribution in [1.82, 2.24) is 0 Å². The summed E-state index contributed by atoms with van der Waals surface area (Å²) in [6.45, 7) is 1.48. The number of rotatable bonds is 6. The van der Waals surface area contributed by atoms with Gasteiger partial charge >= 0.3 is 6.09 Å². The van der Waals surface area contributed by atoms with Crippen molar-refractivity contribution in [3.8, 4) is 5.75 Å². The van der Waals surface area contributed by atoms with Crippen LogP contribution in [0.4, 0.5) is 16.2 Å². The number of non-ortho nitro benzene ring substituents is 2. The maximum Gasteiger partial charge on any atom is 0.444 e. The Hall–Kier alpha value is -3.54. The van der Waals surface area contributed by atoms with Gasteiger partial charge in [0.1, 0.15) is 5.75 Å². The predicted molar refractivity (Wildman–Crippen MR) is 92.7 cm³/mol. The van der Waals surface area contributed by atoms with Gasteiger partial charge in [-0.2, -0.15) is 0 Å². The fourth-order valence-electron chi connectivity index (χ4n) is 1.88. The van der Waals surface area contributed by atoms with Gasteiger partial charge in [0.2, 0.25) is 10.0 Å². The van der Waals surface area contributed by atoms with Crippen LogP contribution in [0.2, 0.25) is 0 Å². The Kier molecular flexibility index (Phi) is 6.03. The van der Waals surface area contributed by atoms with Crippen molar-refractivity contribution in [3.05, 3.63) is 68.8 Å². The number of amides is 1. The molecule has 1 atom stereocenters. The Morgan fingerprint density at radius 2 is 1.70 bits per heavy atom. The van der Waals surface area contributed by atoms with E-state index in [0.29, 0.717) is 0 Å². The molecule has 2 aromatic carbocycles. The number of ether oxygens (including phenoxy) is 1. The van der Waals surface area contributed by atoms with E-state index in [4.69, 9.17) is 4.18 Å². The first-order valence-electron chi connectivity index (χ1n) is 7.37. The van der Waals surface area contributed by atoms with Gasteiger partial charge < -0.3 is 8.92 Å². The molecular formula is C15H13N3O8S. The summed E-state index contributed by atoms with van der Waals surface area (Å²) >= 11 is 0. The maximum absolute atomic E-state index is 13.2. The predicted octanol–water partition coefficient (Wildman–Crippen LogP) is 3.48. The normalized spacial score (nSPS) is 12.5. The van der Waals surface area contributed by atoms with Crippen molar-refractivity contribution in [2.45, 2.75) is 11.8 Å². The van der Waals surface area contributed by atoms with Crippen molar-refractivity contribution < 1.29 is 27.8 Å². The maximum atomic E-state index is 13.2. The molecule has 0 unspecified atom stereocenters. The summed E-state index contributed by atoms with van der Waals surface area (Å²) in [5.41, 5.74) is -0.613. The molecule has 0 aliphatic rings. The molecule has 0 heterocycles. The summed E-state index contributed by atoms with van der Waals surface area (Å²) in [7, 11) is -3.96. The van der Waals surface area contributed by atoms with E-state index >= 15 is 0 Å². The number of carbonyl (C=O) groups is 1. The number of benzene rings is 2. The summed E-state index contributed by atoms with van der Waals surface area (Å²) in [6.07, 6.45) is -1.18. The minimum absolute atomic E-state index is 0.0374. The summed E-state index contributed by atoms with van der Waals surface area (Å²) in [6, 6.07) is 9.15. The average molecular weight is 395 g/mol. The van der Waals surface area contributed by atoms with Gasteiger partial charge in [-0.25, -0.2) is 9.00 Å². The molecule has 0 N–H and O–H groups in total. The smallest absolute Gasteiger partial charge is 0.444 e. The Morgan fingerprint density at radius 3 is 2.26 bits per heavy atom. The molecule has 11 nitrogen and oxygen atoms in total. The van der Waals surface area contributed by atoms with Gasteiger partial charge in [-0.05, 0) is 25.1 Å². The summed E-state index contributed by atoms with van der Waals surface area (Å²) < 4.78 is 26.5. The van der Waals surface area contributed by atoms with Gasteiger partial charge in [-0.3, -0.25) is 20.2 Å².